The van der Waals surface area contributed by atoms with Crippen molar-refractivity contribution in [2.75, 3.05) is 19.7 Å². The Labute approximate surface area is 156 Å². The summed E-state index contributed by atoms with van der Waals surface area (Å²) in [6.07, 6.45) is 2.34. The molecule has 0 saturated carbocycles. The van der Waals surface area contributed by atoms with Crippen molar-refractivity contribution in [3.8, 4) is 0 Å². The van der Waals surface area contributed by atoms with Gasteiger partial charge in [0.15, 0.2) is 5.60 Å². The Kier molecular flexibility index (Phi) is 4.82. The molecular formula is C19H22FN3O4. The van der Waals surface area contributed by atoms with Crippen LogP contribution >= 0.6 is 0 Å². The summed E-state index contributed by atoms with van der Waals surface area (Å²) in [6, 6.07) is 5.95. The van der Waals surface area contributed by atoms with Crippen LogP contribution in [0.1, 0.15) is 31.2 Å². The Morgan fingerprint density at radius 2 is 2.15 bits per heavy atom. The zero-order valence-corrected chi connectivity index (χ0v) is 14.9. The molecule has 2 amide bonds. The number of carbonyl (C=O) groups is 2. The molecule has 3 aliphatic rings. The highest BCUT2D eigenvalue weighted by atomic mass is 19.1. The highest BCUT2D eigenvalue weighted by Crippen LogP contribution is 2.34. The van der Waals surface area contributed by atoms with E-state index in [1.807, 2.05) is 0 Å². The second-order valence-corrected chi connectivity index (χ2v) is 7.31. The number of rotatable bonds is 4. The summed E-state index contributed by atoms with van der Waals surface area (Å²) in [5, 5.41) is 6.74. The van der Waals surface area contributed by atoms with Crippen LogP contribution in [0.15, 0.2) is 29.4 Å². The van der Waals surface area contributed by atoms with Gasteiger partial charge in [0, 0.05) is 32.5 Å². The molecule has 0 radical (unpaired) electrons. The molecule has 1 spiro atoms. The van der Waals surface area contributed by atoms with Crippen LogP contribution in [-0.4, -0.2) is 53.8 Å². The predicted molar refractivity (Wildman–Crippen MR) is 94.3 cm³/mol. The van der Waals surface area contributed by atoms with Crippen molar-refractivity contribution in [2.24, 2.45) is 5.16 Å². The molecule has 144 valence electrons. The van der Waals surface area contributed by atoms with E-state index in [1.165, 1.54) is 12.1 Å². The third-order valence-corrected chi connectivity index (χ3v) is 5.30. The Bertz CT molecular complexity index is 761. The number of likely N-dealkylation sites (tertiary alicyclic amines) is 1. The maximum absolute atomic E-state index is 12.9. The molecule has 1 aromatic carbocycles. The van der Waals surface area contributed by atoms with E-state index in [9.17, 15) is 14.0 Å². The molecule has 1 aromatic rings. The first-order valence-corrected chi connectivity index (χ1v) is 9.23. The number of hydrogen-bond donors (Lipinski definition) is 1. The van der Waals surface area contributed by atoms with Gasteiger partial charge >= 0.3 is 0 Å². The number of hydrogen-bond acceptors (Lipinski definition) is 5. The van der Waals surface area contributed by atoms with Crippen LogP contribution in [0.5, 0.6) is 0 Å². The minimum absolute atomic E-state index is 0.00202. The molecule has 0 aromatic heterocycles. The highest BCUT2D eigenvalue weighted by Gasteiger charge is 2.48. The zero-order valence-electron chi connectivity index (χ0n) is 14.9. The van der Waals surface area contributed by atoms with Crippen LogP contribution in [-0.2, 0) is 25.7 Å². The van der Waals surface area contributed by atoms with Gasteiger partial charge < -0.3 is 19.8 Å². The number of oxime groups is 1. The molecule has 3 aliphatic heterocycles. The lowest BCUT2D eigenvalue weighted by molar-refractivity contribution is -0.141. The summed E-state index contributed by atoms with van der Waals surface area (Å²) >= 11 is 0. The molecule has 1 unspecified atom stereocenters. The number of benzene rings is 1. The maximum Gasteiger partial charge on any atom is 0.269 e. The van der Waals surface area contributed by atoms with E-state index in [4.69, 9.17) is 9.57 Å². The molecule has 27 heavy (non-hydrogen) atoms. The maximum atomic E-state index is 12.9. The van der Waals surface area contributed by atoms with Gasteiger partial charge in [-0.15, -0.1) is 0 Å². The monoisotopic (exact) mass is 375 g/mol. The zero-order chi connectivity index (χ0) is 18.9. The summed E-state index contributed by atoms with van der Waals surface area (Å²) in [5.74, 6) is -0.619. The van der Waals surface area contributed by atoms with E-state index in [0.717, 1.165) is 18.4 Å². The fraction of sp³-hybridized carbons (Fsp3) is 0.526. The molecule has 7 nitrogen and oxygen atoms in total. The van der Waals surface area contributed by atoms with Crippen molar-refractivity contribution < 1.29 is 23.6 Å². The second kappa shape index (κ2) is 7.26. The molecule has 0 bridgehead atoms. The lowest BCUT2D eigenvalue weighted by Crippen LogP contribution is -2.41. The van der Waals surface area contributed by atoms with Crippen LogP contribution < -0.4 is 5.32 Å². The van der Waals surface area contributed by atoms with Crippen molar-refractivity contribution >= 4 is 17.5 Å². The van der Waals surface area contributed by atoms with Crippen LogP contribution in [0.2, 0.25) is 0 Å². The summed E-state index contributed by atoms with van der Waals surface area (Å²) in [6.45, 7) is 1.92. The number of nitrogens with one attached hydrogen (secondary N) is 1. The molecule has 0 aliphatic carbocycles. The van der Waals surface area contributed by atoms with Crippen molar-refractivity contribution in [2.45, 2.75) is 43.9 Å². The lowest BCUT2D eigenvalue weighted by atomic mass is 9.96. The number of halogens is 1. The Morgan fingerprint density at radius 1 is 1.33 bits per heavy atom. The topological polar surface area (TPSA) is 80.2 Å². The van der Waals surface area contributed by atoms with Gasteiger partial charge in [-0.2, -0.15) is 0 Å². The van der Waals surface area contributed by atoms with E-state index in [1.54, 1.807) is 17.0 Å². The quantitative estimate of drug-likeness (QED) is 0.862. The van der Waals surface area contributed by atoms with Gasteiger partial charge in [0.25, 0.3) is 11.8 Å². The number of nitrogens with zero attached hydrogens (tertiary/aromatic N) is 2. The van der Waals surface area contributed by atoms with Crippen LogP contribution in [0.3, 0.4) is 0 Å². The molecule has 2 atom stereocenters. The third-order valence-electron chi connectivity index (χ3n) is 5.30. The molecule has 8 heteroatoms. The van der Waals surface area contributed by atoms with Gasteiger partial charge in [-0.1, -0.05) is 17.3 Å². The number of carbonyl (C=O) groups excluding carboxylic acids is 2. The highest BCUT2D eigenvalue weighted by molar-refractivity contribution is 6.39. The van der Waals surface area contributed by atoms with Crippen LogP contribution in [0, 0.1) is 5.82 Å². The van der Waals surface area contributed by atoms with E-state index in [2.05, 4.69) is 10.5 Å². The third kappa shape index (κ3) is 3.80. The Morgan fingerprint density at radius 3 is 2.89 bits per heavy atom. The first kappa shape index (κ1) is 17.9. The van der Waals surface area contributed by atoms with Crippen molar-refractivity contribution in [1.29, 1.82) is 0 Å². The molecule has 1 N–H and O–H groups in total. The minimum Gasteiger partial charge on any atom is -0.386 e. The molecule has 4 rings (SSSR count). The van der Waals surface area contributed by atoms with E-state index >= 15 is 0 Å². The standard InChI is InChI=1S/C19H22FN3O4/c20-14-5-3-13(4-6-14)11-21-17(24)15-10-19(27-22-15)7-8-23(12-19)18(25)16-2-1-9-26-16/h3-6,16H,1-2,7-12H2,(H,21,24)/t16-,19?/m0/s1. The van der Waals surface area contributed by atoms with Gasteiger partial charge in [0.1, 0.15) is 17.6 Å². The minimum atomic E-state index is -0.614. The van der Waals surface area contributed by atoms with Gasteiger partial charge in [-0.05, 0) is 30.5 Å². The molecule has 3 heterocycles. The molecular weight excluding hydrogens is 353 g/mol. The smallest absolute Gasteiger partial charge is 0.269 e. The summed E-state index contributed by atoms with van der Waals surface area (Å²) in [4.78, 5) is 32.2. The first-order valence-electron chi connectivity index (χ1n) is 9.23. The second-order valence-electron chi connectivity index (χ2n) is 7.31. The van der Waals surface area contributed by atoms with Gasteiger partial charge in [-0.3, -0.25) is 9.59 Å². The normalized spacial score (nSPS) is 26.9. The number of amides is 2. The van der Waals surface area contributed by atoms with Crippen molar-refractivity contribution in [3.63, 3.8) is 0 Å². The predicted octanol–water partition coefficient (Wildman–Crippen LogP) is 1.37. The average Bonchev–Trinajstić information content (AvgIpc) is 3.43. The summed E-state index contributed by atoms with van der Waals surface area (Å²) < 4.78 is 18.4. The van der Waals surface area contributed by atoms with Gasteiger partial charge in [0.2, 0.25) is 0 Å². The average molecular weight is 375 g/mol. The lowest BCUT2D eigenvalue weighted by Gasteiger charge is -2.23. The van der Waals surface area contributed by atoms with Crippen molar-refractivity contribution in [1.82, 2.24) is 10.2 Å². The number of ether oxygens (including phenoxy) is 1. The largest absolute Gasteiger partial charge is 0.386 e. The van der Waals surface area contributed by atoms with Crippen LogP contribution in [0.4, 0.5) is 4.39 Å². The van der Waals surface area contributed by atoms with Crippen molar-refractivity contribution in [3.05, 3.63) is 35.6 Å². The summed E-state index contributed by atoms with van der Waals surface area (Å²) in [7, 11) is 0. The van der Waals surface area contributed by atoms with Crippen LogP contribution in [0.25, 0.3) is 0 Å². The fourth-order valence-corrected chi connectivity index (χ4v) is 3.76. The van der Waals surface area contributed by atoms with E-state index in [0.29, 0.717) is 38.2 Å². The molecule has 2 fully saturated rings. The Hall–Kier alpha value is -2.48. The Balaban J connectivity index is 1.29. The SMILES string of the molecule is O=C(NCc1ccc(F)cc1)C1=NOC2(CCN(C(=O)[C@@H]3CCCO3)C2)C1. The fourth-order valence-electron chi connectivity index (χ4n) is 3.76. The van der Waals surface area contributed by atoms with E-state index in [-0.39, 0.29) is 30.3 Å². The van der Waals surface area contributed by atoms with E-state index < -0.39 is 5.60 Å². The summed E-state index contributed by atoms with van der Waals surface area (Å²) in [5.41, 5.74) is 0.508. The molecule has 2 saturated heterocycles. The van der Waals surface area contributed by atoms with Gasteiger partial charge in [0.05, 0.1) is 6.54 Å². The first-order chi connectivity index (χ1) is 13.0. The van der Waals surface area contributed by atoms with Gasteiger partial charge in [-0.25, -0.2) is 4.39 Å².